The summed E-state index contributed by atoms with van der Waals surface area (Å²) in [7, 11) is 0. The second-order valence-electron chi connectivity index (χ2n) is 11.7. The van der Waals surface area contributed by atoms with Crippen LogP contribution in [0.2, 0.25) is 0 Å². The van der Waals surface area contributed by atoms with E-state index in [-0.39, 0.29) is 0 Å². The number of rotatable bonds is 11. The topological polar surface area (TPSA) is 80.9 Å². The van der Waals surface area contributed by atoms with Gasteiger partial charge in [-0.15, -0.1) is 0 Å². The van der Waals surface area contributed by atoms with Crippen molar-refractivity contribution in [1.82, 2.24) is 0 Å². The zero-order valence-electron chi connectivity index (χ0n) is 25.4. The Labute approximate surface area is 270 Å². The minimum absolute atomic E-state index is 0.737. The van der Waals surface area contributed by atoms with Gasteiger partial charge in [0.15, 0.2) is 0 Å². The van der Waals surface area contributed by atoms with E-state index in [0.29, 0.717) is 0 Å². The van der Waals surface area contributed by atoms with Crippen molar-refractivity contribution >= 4 is 0 Å². The smallest absolute Gasteiger partial charge is 0.110 e. The highest BCUT2D eigenvalue weighted by atomic mass is 16.4. The van der Waals surface area contributed by atoms with Gasteiger partial charge in [-0.25, -0.2) is 0 Å². The van der Waals surface area contributed by atoms with E-state index in [1.54, 1.807) is 0 Å². The van der Waals surface area contributed by atoms with Gasteiger partial charge in [0.25, 0.3) is 0 Å². The van der Waals surface area contributed by atoms with Crippen molar-refractivity contribution in [3.05, 3.63) is 215 Å². The van der Waals surface area contributed by atoms with Gasteiger partial charge >= 0.3 is 0 Å². The Balaban J connectivity index is 1.55. The zero-order valence-corrected chi connectivity index (χ0v) is 25.4. The zero-order chi connectivity index (χ0) is 32.0. The van der Waals surface area contributed by atoms with Crippen molar-refractivity contribution in [3.63, 3.8) is 0 Å². The van der Waals surface area contributed by atoms with Crippen molar-refractivity contribution in [3.8, 4) is 0 Å². The highest BCUT2D eigenvalue weighted by Crippen LogP contribution is 2.47. The summed E-state index contributed by atoms with van der Waals surface area (Å²) >= 11 is 0. The van der Waals surface area contributed by atoms with Crippen molar-refractivity contribution in [2.75, 3.05) is 0 Å². The summed E-state index contributed by atoms with van der Waals surface area (Å²) in [6, 6.07) is 57.2. The fraction of sp³-hybridized carbons (Fsp3) is 0.143. The molecular formula is C42H38O4. The summed E-state index contributed by atoms with van der Waals surface area (Å²) in [5.74, 6) is 0. The van der Waals surface area contributed by atoms with Gasteiger partial charge in [-0.3, -0.25) is 0 Å². The molecule has 0 saturated carbocycles. The molecule has 6 aromatic rings. The molecule has 0 amide bonds. The predicted octanol–water partition coefficient (Wildman–Crippen LogP) is 6.50. The highest BCUT2D eigenvalue weighted by Gasteiger charge is 2.53. The molecule has 4 N–H and O–H groups in total. The van der Waals surface area contributed by atoms with E-state index < -0.39 is 35.2 Å². The van der Waals surface area contributed by atoms with E-state index in [2.05, 4.69) is 0 Å². The second kappa shape index (κ2) is 13.7. The van der Waals surface area contributed by atoms with Crippen LogP contribution in [0.1, 0.15) is 33.4 Å². The molecule has 0 aromatic heterocycles. The van der Waals surface area contributed by atoms with Crippen LogP contribution in [-0.2, 0) is 10.8 Å². The first-order chi connectivity index (χ1) is 22.5. The maximum absolute atomic E-state index is 12.6. The first-order valence-corrected chi connectivity index (χ1v) is 15.6. The molecule has 230 valence electrons. The van der Waals surface area contributed by atoms with E-state index in [1.165, 1.54) is 0 Å². The molecule has 4 heteroatoms. The van der Waals surface area contributed by atoms with Crippen molar-refractivity contribution < 1.29 is 20.4 Å². The molecule has 0 aliphatic carbocycles. The number of hydrogen-bond donors (Lipinski definition) is 4. The van der Waals surface area contributed by atoms with Crippen LogP contribution < -0.4 is 0 Å². The summed E-state index contributed by atoms with van der Waals surface area (Å²) in [6.07, 6.45) is -6.73. The number of aliphatic hydroxyl groups excluding tert-OH is 4. The van der Waals surface area contributed by atoms with E-state index in [1.807, 2.05) is 182 Å². The van der Waals surface area contributed by atoms with Gasteiger partial charge in [-0.05, 0) is 33.4 Å². The normalized spacial score (nSPS) is 14.6. The fourth-order valence-corrected chi connectivity index (χ4v) is 7.12. The Bertz CT molecular complexity index is 1450. The van der Waals surface area contributed by atoms with Crippen LogP contribution in [0.4, 0.5) is 0 Å². The summed E-state index contributed by atoms with van der Waals surface area (Å²) in [4.78, 5) is 0. The lowest BCUT2D eigenvalue weighted by molar-refractivity contribution is -0.126. The molecule has 6 aromatic carbocycles. The number of benzene rings is 6. The molecule has 0 spiro atoms. The van der Waals surface area contributed by atoms with Crippen molar-refractivity contribution in [2.24, 2.45) is 0 Å². The largest absolute Gasteiger partial charge is 0.389 e. The maximum Gasteiger partial charge on any atom is 0.110 e. The third-order valence-corrected chi connectivity index (χ3v) is 9.26. The Morgan fingerprint density at radius 1 is 0.261 bits per heavy atom. The lowest BCUT2D eigenvalue weighted by atomic mass is 9.61. The molecule has 0 bridgehead atoms. The third kappa shape index (κ3) is 5.36. The van der Waals surface area contributed by atoms with Gasteiger partial charge in [-0.2, -0.15) is 0 Å². The Morgan fingerprint density at radius 2 is 0.413 bits per heavy atom. The number of aliphatic hydroxyl groups is 4. The van der Waals surface area contributed by atoms with E-state index >= 15 is 0 Å². The van der Waals surface area contributed by atoms with Gasteiger partial charge in [0.1, 0.15) is 24.4 Å². The SMILES string of the molecule is OC([C@H](O)[C@@H](O)C(O)C(c1ccccc1)(c1ccccc1)c1ccccc1)C(c1ccccc1)(c1ccccc1)c1ccccc1. The van der Waals surface area contributed by atoms with E-state index in [0.717, 1.165) is 33.4 Å². The lowest BCUT2D eigenvalue weighted by Crippen LogP contribution is -2.59. The van der Waals surface area contributed by atoms with Crippen LogP contribution >= 0.6 is 0 Å². The minimum atomic E-state index is -1.79. The Hall–Kier alpha value is -4.84. The van der Waals surface area contributed by atoms with E-state index in [9.17, 15) is 20.4 Å². The van der Waals surface area contributed by atoms with Crippen LogP contribution in [0.3, 0.4) is 0 Å². The lowest BCUT2D eigenvalue weighted by Gasteiger charge is -2.46. The van der Waals surface area contributed by atoms with Crippen LogP contribution in [0.5, 0.6) is 0 Å². The molecule has 2 unspecified atom stereocenters. The molecule has 0 saturated heterocycles. The summed E-state index contributed by atoms with van der Waals surface area (Å²) in [6.45, 7) is 0. The van der Waals surface area contributed by atoms with Gasteiger partial charge in [0.05, 0.1) is 10.8 Å². The van der Waals surface area contributed by atoms with Crippen LogP contribution in [-0.4, -0.2) is 44.8 Å². The first-order valence-electron chi connectivity index (χ1n) is 15.6. The molecule has 6 rings (SSSR count). The van der Waals surface area contributed by atoms with Gasteiger partial charge in [0.2, 0.25) is 0 Å². The average Bonchev–Trinajstić information content (AvgIpc) is 3.14. The Kier molecular flexibility index (Phi) is 9.25. The molecule has 0 radical (unpaired) electrons. The van der Waals surface area contributed by atoms with Crippen LogP contribution in [0.15, 0.2) is 182 Å². The monoisotopic (exact) mass is 606 g/mol. The molecule has 0 heterocycles. The summed E-state index contributed by atoms with van der Waals surface area (Å²) < 4.78 is 0. The van der Waals surface area contributed by atoms with Crippen molar-refractivity contribution in [1.29, 1.82) is 0 Å². The maximum atomic E-state index is 12.6. The summed E-state index contributed by atoms with van der Waals surface area (Å²) in [5.41, 5.74) is 1.84. The standard InChI is InChI=1S/C42H38O4/c43-37(39(45)41(31-19-7-1-8-20-31,32-21-9-2-10-22-32)33-23-11-3-12-24-33)38(44)40(46)42(34-25-13-4-14-26-34,35-27-15-5-16-28-35)36-29-17-6-18-30-36/h1-30,37-40,43-46H/t37-,38-,39?,40?/m1/s1. The molecule has 0 aliphatic heterocycles. The second-order valence-corrected chi connectivity index (χ2v) is 11.7. The molecule has 0 aliphatic rings. The predicted molar refractivity (Wildman–Crippen MR) is 182 cm³/mol. The van der Waals surface area contributed by atoms with Gasteiger partial charge < -0.3 is 20.4 Å². The average molecular weight is 607 g/mol. The van der Waals surface area contributed by atoms with Crippen LogP contribution in [0, 0.1) is 0 Å². The first kappa shape index (κ1) is 31.2. The minimum Gasteiger partial charge on any atom is -0.389 e. The highest BCUT2D eigenvalue weighted by molar-refractivity contribution is 5.54. The molecular weight excluding hydrogens is 568 g/mol. The number of hydrogen-bond acceptors (Lipinski definition) is 4. The molecule has 0 fully saturated rings. The summed E-state index contributed by atoms with van der Waals surface area (Å²) in [5, 5.41) is 49.6. The fourth-order valence-electron chi connectivity index (χ4n) is 7.12. The molecule has 4 atom stereocenters. The van der Waals surface area contributed by atoms with Crippen molar-refractivity contribution in [2.45, 2.75) is 35.2 Å². The van der Waals surface area contributed by atoms with Gasteiger partial charge in [-0.1, -0.05) is 182 Å². The van der Waals surface area contributed by atoms with Gasteiger partial charge in [0, 0.05) is 0 Å². The van der Waals surface area contributed by atoms with Crippen LogP contribution in [0.25, 0.3) is 0 Å². The molecule has 46 heavy (non-hydrogen) atoms. The molecule has 4 nitrogen and oxygen atoms in total. The quantitative estimate of drug-likeness (QED) is 0.127. The Morgan fingerprint density at radius 3 is 0.565 bits per heavy atom. The third-order valence-electron chi connectivity index (χ3n) is 9.26. The van der Waals surface area contributed by atoms with E-state index in [4.69, 9.17) is 0 Å².